The predicted molar refractivity (Wildman–Crippen MR) is 128 cm³/mol. The third kappa shape index (κ3) is 4.51. The Morgan fingerprint density at radius 1 is 1.12 bits per heavy atom. The smallest absolute Gasteiger partial charge is 0.349 e. The first kappa shape index (κ1) is 22.0. The van der Waals surface area contributed by atoms with Gasteiger partial charge in [-0.1, -0.05) is 30.3 Å². The predicted octanol–water partition coefficient (Wildman–Crippen LogP) is 2.68. The highest BCUT2D eigenvalue weighted by Crippen LogP contribution is 2.30. The number of H-pyrrole nitrogens is 1. The number of anilines is 1. The molecular weight excluding hydrogens is 428 g/mol. The van der Waals surface area contributed by atoms with E-state index in [-0.39, 0.29) is 18.1 Å². The van der Waals surface area contributed by atoms with Gasteiger partial charge in [0.15, 0.2) is 11.5 Å². The topological polar surface area (TPSA) is 105 Å². The van der Waals surface area contributed by atoms with Crippen molar-refractivity contribution in [2.24, 2.45) is 0 Å². The zero-order valence-corrected chi connectivity index (χ0v) is 18.5. The number of hydrogen-bond acceptors (Lipinski definition) is 6. The minimum absolute atomic E-state index is 0. The van der Waals surface area contributed by atoms with E-state index in [2.05, 4.69) is 43.8 Å². The van der Waals surface area contributed by atoms with Crippen LogP contribution >= 0.6 is 12.4 Å². The zero-order valence-electron chi connectivity index (χ0n) is 17.7. The Morgan fingerprint density at radius 3 is 2.66 bits per heavy atom. The summed E-state index contributed by atoms with van der Waals surface area (Å²) in [6.07, 6.45) is 2.35. The summed E-state index contributed by atoms with van der Waals surface area (Å²) in [5.41, 5.74) is 3.88. The molecule has 3 aliphatic rings. The van der Waals surface area contributed by atoms with Gasteiger partial charge < -0.3 is 15.2 Å². The van der Waals surface area contributed by atoms with Crippen LogP contribution in [0.25, 0.3) is 22.6 Å². The SMILES string of the molecule is Cc1cc2nc3c(=O)[nH]c(=O)nc-3n(CCNCc3ccccc3)c2cc1NC1CC1.Cl. The van der Waals surface area contributed by atoms with Gasteiger partial charge in [-0.2, -0.15) is 4.98 Å². The van der Waals surface area contributed by atoms with Crippen LogP contribution in [0, 0.1) is 6.92 Å². The average Bonchev–Trinajstić information content (AvgIpc) is 3.57. The monoisotopic (exact) mass is 452 g/mol. The fraction of sp³-hybridized carbons (Fsp3) is 0.304. The van der Waals surface area contributed by atoms with E-state index in [1.165, 1.54) is 18.4 Å². The molecule has 32 heavy (non-hydrogen) atoms. The van der Waals surface area contributed by atoms with Crippen LogP contribution in [-0.4, -0.2) is 32.1 Å². The normalized spacial score (nSPS) is 13.3. The summed E-state index contributed by atoms with van der Waals surface area (Å²) < 4.78 is 1.92. The highest BCUT2D eigenvalue weighted by Gasteiger charge is 2.23. The van der Waals surface area contributed by atoms with E-state index in [0.29, 0.717) is 30.5 Å². The van der Waals surface area contributed by atoms with Crippen molar-refractivity contribution < 1.29 is 0 Å². The highest BCUT2D eigenvalue weighted by molar-refractivity contribution is 5.85. The number of nitrogens with one attached hydrogen (secondary N) is 3. The molecular formula is C23H25ClN6O2. The Bertz CT molecular complexity index is 1330. The number of benzene rings is 2. The van der Waals surface area contributed by atoms with E-state index in [1.54, 1.807) is 0 Å². The van der Waals surface area contributed by atoms with Crippen LogP contribution < -0.4 is 21.9 Å². The molecule has 1 fully saturated rings. The van der Waals surface area contributed by atoms with Gasteiger partial charge in [0.05, 0.1) is 11.0 Å². The van der Waals surface area contributed by atoms with Crippen molar-refractivity contribution in [2.75, 3.05) is 11.9 Å². The van der Waals surface area contributed by atoms with Crippen molar-refractivity contribution in [1.82, 2.24) is 24.8 Å². The Morgan fingerprint density at radius 2 is 1.91 bits per heavy atom. The molecule has 0 radical (unpaired) electrons. The van der Waals surface area contributed by atoms with E-state index in [9.17, 15) is 9.59 Å². The van der Waals surface area contributed by atoms with E-state index >= 15 is 0 Å². The third-order valence-electron chi connectivity index (χ3n) is 5.58. The number of hydrogen-bond donors (Lipinski definition) is 3. The van der Waals surface area contributed by atoms with Crippen LogP contribution in [-0.2, 0) is 13.1 Å². The molecule has 1 saturated carbocycles. The largest absolute Gasteiger partial charge is 0.382 e. The summed E-state index contributed by atoms with van der Waals surface area (Å²) in [5.74, 6) is 0.309. The van der Waals surface area contributed by atoms with Gasteiger partial charge in [0, 0.05) is 31.4 Å². The maximum Gasteiger partial charge on any atom is 0.349 e. The molecule has 0 saturated heterocycles. The van der Waals surface area contributed by atoms with Crippen molar-refractivity contribution in [3.63, 3.8) is 0 Å². The Balaban J connectivity index is 0.00000245. The van der Waals surface area contributed by atoms with Crippen molar-refractivity contribution in [2.45, 2.75) is 38.9 Å². The number of halogens is 1. The fourth-order valence-corrected chi connectivity index (χ4v) is 3.79. The second kappa shape index (κ2) is 9.10. The summed E-state index contributed by atoms with van der Waals surface area (Å²) in [6, 6.07) is 14.7. The molecule has 2 aliphatic heterocycles. The molecule has 166 valence electrons. The number of nitrogens with zero attached hydrogens (tertiary/aromatic N) is 3. The molecule has 0 aromatic heterocycles. The third-order valence-corrected chi connectivity index (χ3v) is 5.58. The van der Waals surface area contributed by atoms with Crippen LogP contribution in [0.4, 0.5) is 5.69 Å². The van der Waals surface area contributed by atoms with E-state index < -0.39 is 11.2 Å². The molecule has 8 nitrogen and oxygen atoms in total. The summed E-state index contributed by atoms with van der Waals surface area (Å²) in [5, 5.41) is 6.98. The van der Waals surface area contributed by atoms with Gasteiger partial charge in [0.1, 0.15) is 0 Å². The zero-order chi connectivity index (χ0) is 21.4. The van der Waals surface area contributed by atoms with Crippen LogP contribution in [0.5, 0.6) is 0 Å². The Hall–Kier alpha value is -3.23. The highest BCUT2D eigenvalue weighted by atomic mass is 35.5. The van der Waals surface area contributed by atoms with Gasteiger partial charge in [-0.15, -0.1) is 12.4 Å². The van der Waals surface area contributed by atoms with E-state index in [1.807, 2.05) is 35.8 Å². The van der Waals surface area contributed by atoms with Gasteiger partial charge >= 0.3 is 5.69 Å². The first-order valence-electron chi connectivity index (χ1n) is 10.5. The minimum atomic E-state index is -0.659. The minimum Gasteiger partial charge on any atom is -0.382 e. The lowest BCUT2D eigenvalue weighted by molar-refractivity contribution is 0.603. The summed E-state index contributed by atoms with van der Waals surface area (Å²) in [4.78, 5) is 35.2. The molecule has 0 unspecified atom stereocenters. The quantitative estimate of drug-likeness (QED) is 0.294. The van der Waals surface area contributed by atoms with Crippen molar-refractivity contribution in [1.29, 1.82) is 0 Å². The maximum absolute atomic E-state index is 12.4. The molecule has 5 rings (SSSR count). The van der Waals surface area contributed by atoms with Crippen LogP contribution in [0.3, 0.4) is 0 Å². The first-order chi connectivity index (χ1) is 15.1. The maximum atomic E-state index is 12.4. The lowest BCUT2D eigenvalue weighted by atomic mass is 10.1. The number of aryl methyl sites for hydroxylation is 1. The second-order valence-corrected chi connectivity index (χ2v) is 8.04. The van der Waals surface area contributed by atoms with Gasteiger partial charge in [0.2, 0.25) is 0 Å². The molecule has 9 heteroatoms. The number of rotatable bonds is 7. The molecule has 0 amide bonds. The molecule has 0 spiro atoms. The molecule has 2 heterocycles. The van der Waals surface area contributed by atoms with Gasteiger partial charge in [-0.3, -0.25) is 9.78 Å². The number of aromatic nitrogens is 4. The molecule has 1 aliphatic carbocycles. The van der Waals surface area contributed by atoms with Crippen LogP contribution in [0.2, 0.25) is 0 Å². The molecule has 0 bridgehead atoms. The first-order valence-corrected chi connectivity index (χ1v) is 10.5. The second-order valence-electron chi connectivity index (χ2n) is 8.04. The molecule has 2 aromatic carbocycles. The molecule has 3 N–H and O–H groups in total. The van der Waals surface area contributed by atoms with Crippen molar-refractivity contribution in [3.8, 4) is 11.5 Å². The van der Waals surface area contributed by atoms with E-state index in [0.717, 1.165) is 23.3 Å². The van der Waals surface area contributed by atoms with E-state index in [4.69, 9.17) is 0 Å². The number of fused-ring (bicyclic) bond motifs is 2. The van der Waals surface area contributed by atoms with Crippen LogP contribution in [0.1, 0.15) is 24.0 Å². The van der Waals surface area contributed by atoms with Gasteiger partial charge in [-0.25, -0.2) is 9.78 Å². The molecule has 2 aromatic rings. The number of aromatic amines is 1. The summed E-state index contributed by atoms with van der Waals surface area (Å²) in [7, 11) is 0. The Labute approximate surface area is 190 Å². The fourth-order valence-electron chi connectivity index (χ4n) is 3.79. The lowest BCUT2D eigenvalue weighted by Gasteiger charge is -2.19. The van der Waals surface area contributed by atoms with Crippen molar-refractivity contribution in [3.05, 3.63) is 74.4 Å². The van der Waals surface area contributed by atoms with Crippen LogP contribution in [0.15, 0.2) is 52.1 Å². The van der Waals surface area contributed by atoms with Gasteiger partial charge in [0.25, 0.3) is 5.56 Å². The standard InChI is InChI=1S/C23H24N6O2.ClH/c1-14-11-18-19(12-17(14)25-16-7-8-16)29(10-9-24-13-15-5-3-2-4-6-15)21-20(26-18)22(30)28-23(31)27-21;/h2-6,11-12,16,24-25H,7-10,13H2,1H3,(H,28,30,31);1H. The van der Waals surface area contributed by atoms with Gasteiger partial charge in [-0.05, 0) is 43.0 Å². The van der Waals surface area contributed by atoms with Crippen molar-refractivity contribution >= 4 is 29.1 Å². The summed E-state index contributed by atoms with van der Waals surface area (Å²) in [6.45, 7) is 3.96. The Kier molecular flexibility index (Phi) is 6.25. The lowest BCUT2D eigenvalue weighted by Crippen LogP contribution is -2.30. The average molecular weight is 453 g/mol. The molecule has 0 atom stereocenters. The summed E-state index contributed by atoms with van der Waals surface area (Å²) >= 11 is 0.